The Hall–Kier alpha value is -1.33. The molecule has 134 valence electrons. The average molecular weight is 334 g/mol. The molecule has 5 nitrogen and oxygen atoms in total. The number of ether oxygens (including phenoxy) is 1. The number of amides is 1. The Morgan fingerprint density at radius 1 is 1.33 bits per heavy atom. The Morgan fingerprint density at radius 3 is 2.79 bits per heavy atom. The van der Waals surface area contributed by atoms with E-state index in [9.17, 15) is 4.79 Å². The highest BCUT2D eigenvalue weighted by Gasteiger charge is 2.34. The highest BCUT2D eigenvalue weighted by Crippen LogP contribution is 2.32. The number of hydrogen-bond acceptors (Lipinski definition) is 4. The third kappa shape index (κ3) is 4.19. The molecule has 2 aliphatic rings. The standard InChI is InChI=1S/C19H30N2O3/c1-14(2)17-12-21(10-4-9-20(17)11-15-5-6-15)19(22)18-8-7-16(24-18)13-23-3/h7-8,14-15,17H,4-6,9-13H2,1-3H3/t17-/m0/s1. The number of nitrogens with zero attached hydrogens (tertiary/aromatic N) is 2. The lowest BCUT2D eigenvalue weighted by molar-refractivity contribution is 0.0666. The van der Waals surface area contributed by atoms with Crippen molar-refractivity contribution in [2.75, 3.05) is 33.3 Å². The maximum absolute atomic E-state index is 12.9. The first-order chi connectivity index (χ1) is 11.6. The molecule has 2 heterocycles. The van der Waals surface area contributed by atoms with Crippen LogP contribution in [0.2, 0.25) is 0 Å². The van der Waals surface area contributed by atoms with E-state index in [1.807, 2.05) is 11.0 Å². The molecule has 1 atom stereocenters. The fourth-order valence-corrected chi connectivity index (χ4v) is 3.61. The highest BCUT2D eigenvalue weighted by molar-refractivity contribution is 5.91. The van der Waals surface area contributed by atoms with Gasteiger partial charge in [0.25, 0.3) is 5.91 Å². The first-order valence-corrected chi connectivity index (χ1v) is 9.19. The van der Waals surface area contributed by atoms with E-state index in [1.165, 1.54) is 19.4 Å². The molecule has 1 saturated carbocycles. The predicted molar refractivity (Wildman–Crippen MR) is 92.9 cm³/mol. The first-order valence-electron chi connectivity index (χ1n) is 9.19. The highest BCUT2D eigenvalue weighted by atomic mass is 16.5. The smallest absolute Gasteiger partial charge is 0.289 e. The number of carbonyl (C=O) groups is 1. The molecule has 2 fully saturated rings. The normalized spacial score (nSPS) is 22.8. The van der Waals surface area contributed by atoms with Crippen LogP contribution < -0.4 is 0 Å². The predicted octanol–water partition coefficient (Wildman–Crippen LogP) is 3.01. The van der Waals surface area contributed by atoms with E-state index < -0.39 is 0 Å². The summed E-state index contributed by atoms with van der Waals surface area (Å²) in [6.45, 7) is 8.83. The van der Waals surface area contributed by atoms with Crippen LogP contribution in [0.5, 0.6) is 0 Å². The Labute approximate surface area is 144 Å². The van der Waals surface area contributed by atoms with Crippen molar-refractivity contribution >= 4 is 5.91 Å². The van der Waals surface area contributed by atoms with Gasteiger partial charge in [-0.05, 0) is 43.2 Å². The fourth-order valence-electron chi connectivity index (χ4n) is 3.61. The van der Waals surface area contributed by atoms with Gasteiger partial charge in [0.2, 0.25) is 0 Å². The number of hydrogen-bond donors (Lipinski definition) is 0. The summed E-state index contributed by atoms with van der Waals surface area (Å²) in [5, 5.41) is 0. The second-order valence-electron chi connectivity index (χ2n) is 7.55. The van der Waals surface area contributed by atoms with Crippen molar-refractivity contribution in [1.82, 2.24) is 9.80 Å². The van der Waals surface area contributed by atoms with E-state index in [0.29, 0.717) is 30.1 Å². The quantitative estimate of drug-likeness (QED) is 0.802. The fraction of sp³-hybridized carbons (Fsp3) is 0.737. The monoisotopic (exact) mass is 334 g/mol. The SMILES string of the molecule is COCc1ccc(C(=O)N2CCCN(CC3CC3)[C@H](C(C)C)C2)o1. The molecule has 5 heteroatoms. The second-order valence-corrected chi connectivity index (χ2v) is 7.55. The lowest BCUT2D eigenvalue weighted by atomic mass is 10.0. The Kier molecular flexibility index (Phi) is 5.61. The molecule has 1 aliphatic heterocycles. The summed E-state index contributed by atoms with van der Waals surface area (Å²) in [7, 11) is 1.63. The van der Waals surface area contributed by atoms with Crippen LogP contribution in [-0.4, -0.2) is 55.0 Å². The Morgan fingerprint density at radius 2 is 2.12 bits per heavy atom. The summed E-state index contributed by atoms with van der Waals surface area (Å²) < 4.78 is 10.7. The van der Waals surface area contributed by atoms with Crippen LogP contribution in [0.15, 0.2) is 16.5 Å². The van der Waals surface area contributed by atoms with Crippen molar-refractivity contribution in [3.8, 4) is 0 Å². The van der Waals surface area contributed by atoms with Gasteiger partial charge in [0.1, 0.15) is 12.4 Å². The van der Waals surface area contributed by atoms with Crippen LogP contribution in [0, 0.1) is 11.8 Å². The summed E-state index contributed by atoms with van der Waals surface area (Å²) in [4.78, 5) is 17.5. The van der Waals surface area contributed by atoms with Gasteiger partial charge < -0.3 is 14.1 Å². The zero-order valence-electron chi connectivity index (χ0n) is 15.2. The van der Waals surface area contributed by atoms with Gasteiger partial charge in [0.05, 0.1) is 0 Å². The number of rotatable bonds is 6. The lowest BCUT2D eigenvalue weighted by Crippen LogP contribution is -2.46. The Balaban J connectivity index is 1.68. The van der Waals surface area contributed by atoms with E-state index in [4.69, 9.17) is 9.15 Å². The van der Waals surface area contributed by atoms with E-state index in [0.717, 1.165) is 32.0 Å². The van der Waals surface area contributed by atoms with Gasteiger partial charge in [-0.3, -0.25) is 9.69 Å². The zero-order chi connectivity index (χ0) is 17.1. The Bertz CT molecular complexity index is 551. The number of carbonyl (C=O) groups excluding carboxylic acids is 1. The van der Waals surface area contributed by atoms with Crippen LogP contribution in [0.4, 0.5) is 0 Å². The molecule has 1 saturated heterocycles. The summed E-state index contributed by atoms with van der Waals surface area (Å²) in [5.41, 5.74) is 0. The molecule has 1 aromatic heterocycles. The van der Waals surface area contributed by atoms with Crippen LogP contribution >= 0.6 is 0 Å². The topological polar surface area (TPSA) is 45.9 Å². The zero-order valence-corrected chi connectivity index (χ0v) is 15.2. The van der Waals surface area contributed by atoms with E-state index >= 15 is 0 Å². The molecule has 0 spiro atoms. The van der Waals surface area contributed by atoms with Crippen LogP contribution in [0.1, 0.15) is 49.4 Å². The minimum Gasteiger partial charge on any atom is -0.453 e. The van der Waals surface area contributed by atoms with Crippen molar-refractivity contribution < 1.29 is 13.9 Å². The van der Waals surface area contributed by atoms with Crippen molar-refractivity contribution in [2.45, 2.75) is 45.8 Å². The molecule has 3 rings (SSSR count). The van der Waals surface area contributed by atoms with Gasteiger partial charge >= 0.3 is 0 Å². The van der Waals surface area contributed by atoms with Gasteiger partial charge in [0.15, 0.2) is 5.76 Å². The third-order valence-corrected chi connectivity index (χ3v) is 5.16. The van der Waals surface area contributed by atoms with E-state index in [1.54, 1.807) is 13.2 Å². The van der Waals surface area contributed by atoms with Crippen molar-refractivity contribution in [1.29, 1.82) is 0 Å². The molecule has 1 amide bonds. The maximum Gasteiger partial charge on any atom is 0.289 e. The van der Waals surface area contributed by atoms with Gasteiger partial charge in [-0.2, -0.15) is 0 Å². The molecule has 1 aromatic rings. The van der Waals surface area contributed by atoms with Crippen molar-refractivity contribution in [3.63, 3.8) is 0 Å². The molecule has 0 N–H and O–H groups in total. The minimum atomic E-state index is 0.0104. The van der Waals surface area contributed by atoms with Gasteiger partial charge in [-0.15, -0.1) is 0 Å². The summed E-state index contributed by atoms with van der Waals surface area (Å²) >= 11 is 0. The largest absolute Gasteiger partial charge is 0.453 e. The average Bonchev–Trinajstić information content (AvgIpc) is 3.29. The van der Waals surface area contributed by atoms with Gasteiger partial charge in [0, 0.05) is 39.3 Å². The summed E-state index contributed by atoms with van der Waals surface area (Å²) in [5.74, 6) is 2.57. The number of furan rings is 1. The van der Waals surface area contributed by atoms with E-state index in [-0.39, 0.29) is 5.91 Å². The molecule has 0 aromatic carbocycles. The van der Waals surface area contributed by atoms with Crippen LogP contribution in [0.3, 0.4) is 0 Å². The van der Waals surface area contributed by atoms with Crippen LogP contribution in [-0.2, 0) is 11.3 Å². The van der Waals surface area contributed by atoms with Crippen LogP contribution in [0.25, 0.3) is 0 Å². The second kappa shape index (κ2) is 7.70. The molecule has 0 bridgehead atoms. The van der Waals surface area contributed by atoms with Crippen molar-refractivity contribution in [2.24, 2.45) is 11.8 Å². The molecule has 0 radical (unpaired) electrons. The minimum absolute atomic E-state index is 0.0104. The van der Waals surface area contributed by atoms with Gasteiger partial charge in [-0.1, -0.05) is 13.8 Å². The molecular formula is C19H30N2O3. The lowest BCUT2D eigenvalue weighted by Gasteiger charge is -2.34. The van der Waals surface area contributed by atoms with Crippen molar-refractivity contribution in [3.05, 3.63) is 23.7 Å². The summed E-state index contributed by atoms with van der Waals surface area (Å²) in [6.07, 6.45) is 3.78. The molecule has 24 heavy (non-hydrogen) atoms. The van der Waals surface area contributed by atoms with E-state index in [2.05, 4.69) is 18.7 Å². The summed E-state index contributed by atoms with van der Waals surface area (Å²) in [6, 6.07) is 4.03. The first kappa shape index (κ1) is 17.5. The number of methoxy groups -OCH3 is 1. The van der Waals surface area contributed by atoms with Gasteiger partial charge in [-0.25, -0.2) is 0 Å². The molecule has 0 unspecified atom stereocenters. The third-order valence-electron chi connectivity index (χ3n) is 5.16. The molecule has 1 aliphatic carbocycles. The maximum atomic E-state index is 12.9. The molecular weight excluding hydrogens is 304 g/mol.